The first-order valence-electron chi connectivity index (χ1n) is 4.35. The summed E-state index contributed by atoms with van der Waals surface area (Å²) < 4.78 is 3.04. The van der Waals surface area contributed by atoms with E-state index in [9.17, 15) is 5.11 Å². The van der Waals surface area contributed by atoms with E-state index >= 15 is 0 Å². The van der Waals surface area contributed by atoms with Crippen LogP contribution in [0.4, 0.5) is 0 Å². The minimum Gasteiger partial charge on any atom is -0.384 e. The van der Waals surface area contributed by atoms with E-state index in [2.05, 4.69) is 15.9 Å². The van der Waals surface area contributed by atoms with Crippen LogP contribution in [0.1, 0.15) is 17.5 Å². The highest BCUT2D eigenvalue weighted by Crippen LogP contribution is 2.40. The van der Waals surface area contributed by atoms with Crippen molar-refractivity contribution in [3.05, 3.63) is 21.9 Å². The second-order valence-electron chi connectivity index (χ2n) is 3.66. The molecule has 0 radical (unpaired) electrons. The number of halogens is 1. The van der Waals surface area contributed by atoms with Crippen LogP contribution >= 0.6 is 15.9 Å². The predicted molar refractivity (Wildman–Crippen MR) is 54.4 cm³/mol. The Kier molecular flexibility index (Phi) is 2.02. The van der Waals surface area contributed by atoms with Gasteiger partial charge in [-0.3, -0.25) is 0 Å². The van der Waals surface area contributed by atoms with Gasteiger partial charge in [-0.15, -0.1) is 0 Å². The standard InChI is InChI=1S/C9H13BrN2O/c1-12-4-7-6(8(12)10)2-3-9(7,13)5-11/h4,13H,2-3,5,11H2,1H3. The topological polar surface area (TPSA) is 51.2 Å². The molecule has 0 aliphatic heterocycles. The lowest BCUT2D eigenvalue weighted by Crippen LogP contribution is -2.32. The average molecular weight is 245 g/mol. The predicted octanol–water partition coefficient (Wildman–Crippen LogP) is 0.880. The zero-order valence-electron chi connectivity index (χ0n) is 7.55. The Morgan fingerprint density at radius 1 is 1.77 bits per heavy atom. The Labute approximate surface area is 85.7 Å². The molecule has 0 saturated heterocycles. The maximum Gasteiger partial charge on any atom is 0.104 e. The normalized spacial score (nSPS) is 26.5. The third-order valence-electron chi connectivity index (χ3n) is 2.83. The summed E-state index contributed by atoms with van der Waals surface area (Å²) in [5.74, 6) is 0. The van der Waals surface area contributed by atoms with Crippen molar-refractivity contribution < 1.29 is 5.11 Å². The van der Waals surface area contributed by atoms with Crippen molar-refractivity contribution in [1.29, 1.82) is 0 Å². The van der Waals surface area contributed by atoms with Crippen LogP contribution in [0.3, 0.4) is 0 Å². The lowest BCUT2D eigenvalue weighted by molar-refractivity contribution is 0.0477. The van der Waals surface area contributed by atoms with Gasteiger partial charge in [-0.05, 0) is 34.3 Å². The first-order valence-corrected chi connectivity index (χ1v) is 5.14. The Balaban J connectivity index is 2.54. The van der Waals surface area contributed by atoms with E-state index in [-0.39, 0.29) is 0 Å². The van der Waals surface area contributed by atoms with Gasteiger partial charge in [-0.2, -0.15) is 0 Å². The lowest BCUT2D eigenvalue weighted by atomic mass is 9.99. The second kappa shape index (κ2) is 2.83. The summed E-state index contributed by atoms with van der Waals surface area (Å²) in [6.45, 7) is 0.302. The Bertz CT molecular complexity index is 348. The smallest absolute Gasteiger partial charge is 0.104 e. The van der Waals surface area contributed by atoms with Gasteiger partial charge in [-0.1, -0.05) is 0 Å². The highest BCUT2D eigenvalue weighted by Gasteiger charge is 2.38. The molecule has 0 bridgehead atoms. The molecule has 1 unspecified atom stereocenters. The zero-order chi connectivity index (χ0) is 9.64. The number of nitrogens with zero attached hydrogens (tertiary/aromatic N) is 1. The maximum absolute atomic E-state index is 10.1. The fraction of sp³-hybridized carbons (Fsp3) is 0.556. The molecular formula is C9H13BrN2O. The van der Waals surface area contributed by atoms with Crippen LogP contribution in [-0.4, -0.2) is 16.2 Å². The monoisotopic (exact) mass is 244 g/mol. The third-order valence-corrected chi connectivity index (χ3v) is 3.87. The van der Waals surface area contributed by atoms with Gasteiger partial charge < -0.3 is 15.4 Å². The van der Waals surface area contributed by atoms with E-state index in [4.69, 9.17) is 5.73 Å². The van der Waals surface area contributed by atoms with Gasteiger partial charge in [0.15, 0.2) is 0 Å². The quantitative estimate of drug-likeness (QED) is 0.771. The van der Waals surface area contributed by atoms with Crippen molar-refractivity contribution in [3.8, 4) is 0 Å². The van der Waals surface area contributed by atoms with Gasteiger partial charge in [0, 0.05) is 25.4 Å². The highest BCUT2D eigenvalue weighted by atomic mass is 79.9. The van der Waals surface area contributed by atoms with E-state index in [0.717, 1.165) is 23.0 Å². The number of aliphatic hydroxyl groups is 1. The molecule has 0 amide bonds. The molecule has 3 nitrogen and oxygen atoms in total. The molecule has 1 atom stereocenters. The van der Waals surface area contributed by atoms with Gasteiger partial charge in [0.25, 0.3) is 0 Å². The van der Waals surface area contributed by atoms with Crippen molar-refractivity contribution in [2.24, 2.45) is 12.8 Å². The van der Waals surface area contributed by atoms with Crippen molar-refractivity contribution in [3.63, 3.8) is 0 Å². The Morgan fingerprint density at radius 2 is 2.46 bits per heavy atom. The summed E-state index contributed by atoms with van der Waals surface area (Å²) in [7, 11) is 1.96. The van der Waals surface area contributed by atoms with E-state index in [1.165, 1.54) is 5.56 Å². The average Bonchev–Trinajstić information content (AvgIpc) is 2.57. The number of aryl methyl sites for hydroxylation is 1. The summed E-state index contributed by atoms with van der Waals surface area (Å²) in [4.78, 5) is 0. The summed E-state index contributed by atoms with van der Waals surface area (Å²) in [6, 6.07) is 0. The molecule has 3 N–H and O–H groups in total. The molecular weight excluding hydrogens is 232 g/mol. The van der Waals surface area contributed by atoms with Crippen LogP contribution in [0.25, 0.3) is 0 Å². The summed E-state index contributed by atoms with van der Waals surface area (Å²) in [6.07, 6.45) is 3.61. The van der Waals surface area contributed by atoms with Crippen molar-refractivity contribution in [2.75, 3.05) is 6.54 Å². The van der Waals surface area contributed by atoms with Gasteiger partial charge in [0.1, 0.15) is 5.60 Å². The van der Waals surface area contributed by atoms with Crippen molar-refractivity contribution in [1.82, 2.24) is 4.57 Å². The van der Waals surface area contributed by atoms with Gasteiger partial charge in [-0.25, -0.2) is 0 Å². The second-order valence-corrected chi connectivity index (χ2v) is 4.41. The van der Waals surface area contributed by atoms with Crippen LogP contribution in [0.2, 0.25) is 0 Å². The molecule has 1 aliphatic carbocycles. The summed E-state index contributed by atoms with van der Waals surface area (Å²) >= 11 is 3.49. The first kappa shape index (κ1) is 9.24. The lowest BCUT2D eigenvalue weighted by Gasteiger charge is -2.20. The van der Waals surface area contributed by atoms with E-state index in [1.807, 2.05) is 17.8 Å². The van der Waals surface area contributed by atoms with Crippen LogP contribution in [-0.2, 0) is 19.1 Å². The fourth-order valence-corrected chi connectivity index (χ4v) is 2.48. The fourth-order valence-electron chi connectivity index (χ4n) is 1.97. The van der Waals surface area contributed by atoms with Gasteiger partial charge in [0.2, 0.25) is 0 Å². The van der Waals surface area contributed by atoms with Gasteiger partial charge in [0.05, 0.1) is 4.60 Å². The molecule has 13 heavy (non-hydrogen) atoms. The van der Waals surface area contributed by atoms with Crippen LogP contribution in [0, 0.1) is 0 Å². The molecule has 0 aromatic carbocycles. The molecule has 2 rings (SSSR count). The van der Waals surface area contributed by atoms with Crippen molar-refractivity contribution in [2.45, 2.75) is 18.4 Å². The molecule has 72 valence electrons. The van der Waals surface area contributed by atoms with Crippen molar-refractivity contribution >= 4 is 15.9 Å². The molecule has 1 aromatic rings. The van der Waals surface area contributed by atoms with Crippen LogP contribution in [0.5, 0.6) is 0 Å². The Morgan fingerprint density at radius 3 is 3.08 bits per heavy atom. The summed E-state index contributed by atoms with van der Waals surface area (Å²) in [5, 5.41) is 10.1. The molecule has 1 aromatic heterocycles. The number of aromatic nitrogens is 1. The minimum atomic E-state index is -0.793. The van der Waals surface area contributed by atoms with E-state index in [1.54, 1.807) is 0 Å². The SMILES string of the molecule is Cn1cc2c(c1Br)CCC2(O)CN. The highest BCUT2D eigenvalue weighted by molar-refractivity contribution is 9.10. The van der Waals surface area contributed by atoms with E-state index in [0.29, 0.717) is 6.54 Å². The largest absolute Gasteiger partial charge is 0.384 e. The first-order chi connectivity index (χ1) is 6.08. The maximum atomic E-state index is 10.1. The van der Waals surface area contributed by atoms with Crippen LogP contribution < -0.4 is 5.73 Å². The zero-order valence-corrected chi connectivity index (χ0v) is 9.13. The number of fused-ring (bicyclic) bond motifs is 1. The number of hydrogen-bond acceptors (Lipinski definition) is 2. The molecule has 1 aliphatic rings. The number of hydrogen-bond donors (Lipinski definition) is 2. The van der Waals surface area contributed by atoms with E-state index < -0.39 is 5.60 Å². The number of rotatable bonds is 1. The van der Waals surface area contributed by atoms with Crippen LogP contribution in [0.15, 0.2) is 10.8 Å². The molecule has 0 spiro atoms. The summed E-state index contributed by atoms with van der Waals surface area (Å²) in [5.41, 5.74) is 6.97. The number of nitrogens with two attached hydrogens (primary N) is 1. The van der Waals surface area contributed by atoms with Gasteiger partial charge >= 0.3 is 0 Å². The Hall–Kier alpha value is -0.320. The third kappa shape index (κ3) is 1.16. The molecule has 0 fully saturated rings. The minimum absolute atomic E-state index is 0.302. The molecule has 1 heterocycles. The molecule has 0 saturated carbocycles. The molecule has 4 heteroatoms.